The highest BCUT2D eigenvalue weighted by atomic mass is 32.1. The van der Waals surface area contributed by atoms with E-state index in [1.54, 1.807) is 0 Å². The third-order valence-corrected chi connectivity index (χ3v) is 9.12. The summed E-state index contributed by atoms with van der Waals surface area (Å²) in [5.74, 6) is 0.939. The summed E-state index contributed by atoms with van der Waals surface area (Å²) in [6.45, 7) is 0. The third-order valence-electron chi connectivity index (χ3n) is 7.94. The second kappa shape index (κ2) is 7.79. The van der Waals surface area contributed by atoms with E-state index in [2.05, 4.69) is 124 Å². The molecule has 0 unspecified atom stereocenters. The summed E-state index contributed by atoms with van der Waals surface area (Å²) in [4.78, 5) is 4.84. The molecule has 0 aliphatic heterocycles. The van der Waals surface area contributed by atoms with Crippen LogP contribution in [0.3, 0.4) is 0 Å². The lowest BCUT2D eigenvalue weighted by Gasteiger charge is -2.11. The molecule has 39 heavy (non-hydrogen) atoms. The summed E-state index contributed by atoms with van der Waals surface area (Å²) in [5.41, 5.74) is 6.07. The van der Waals surface area contributed by atoms with Crippen molar-refractivity contribution >= 4 is 75.1 Å². The van der Waals surface area contributed by atoms with Crippen LogP contribution in [0.25, 0.3) is 75.3 Å². The molecular formula is C35H21N3S. The summed E-state index contributed by atoms with van der Waals surface area (Å²) in [6.07, 6.45) is 1.89. The minimum atomic E-state index is 0.939. The lowest BCUT2D eigenvalue weighted by molar-refractivity contribution is 1.08. The first-order valence-electron chi connectivity index (χ1n) is 13.2. The number of pyridine rings is 1. The van der Waals surface area contributed by atoms with Gasteiger partial charge in [-0.25, -0.2) is 4.98 Å². The largest absolute Gasteiger partial charge is 0.309 e. The van der Waals surface area contributed by atoms with Crippen LogP contribution >= 0.6 is 11.3 Å². The van der Waals surface area contributed by atoms with Crippen LogP contribution in [0.4, 0.5) is 0 Å². The highest BCUT2D eigenvalue weighted by Gasteiger charge is 2.26. The summed E-state index contributed by atoms with van der Waals surface area (Å²) < 4.78 is 7.43. The van der Waals surface area contributed by atoms with Gasteiger partial charge in [-0.1, -0.05) is 78.9 Å². The maximum atomic E-state index is 4.84. The number of hydrogen-bond acceptors (Lipinski definition) is 2. The summed E-state index contributed by atoms with van der Waals surface area (Å²) in [6, 6.07) is 43.4. The zero-order chi connectivity index (χ0) is 25.5. The molecule has 182 valence electrons. The number of benzene rings is 5. The molecule has 4 heteroatoms. The first-order valence-corrected chi connectivity index (χ1v) is 14.0. The highest BCUT2D eigenvalue weighted by Crippen LogP contribution is 2.50. The molecule has 0 aliphatic rings. The minimum Gasteiger partial charge on any atom is -0.309 e. The first kappa shape index (κ1) is 21.1. The Balaban J connectivity index is 1.69. The fraction of sp³-hybridized carbons (Fsp3) is 0. The minimum absolute atomic E-state index is 0.939. The predicted molar refractivity (Wildman–Crippen MR) is 166 cm³/mol. The molecular weight excluding hydrogens is 494 g/mol. The molecule has 0 saturated heterocycles. The van der Waals surface area contributed by atoms with E-state index in [1.807, 2.05) is 23.6 Å². The van der Waals surface area contributed by atoms with Gasteiger partial charge in [-0.3, -0.25) is 4.57 Å². The van der Waals surface area contributed by atoms with E-state index in [1.165, 1.54) is 69.5 Å². The molecule has 0 fully saturated rings. The van der Waals surface area contributed by atoms with E-state index < -0.39 is 0 Å². The third kappa shape index (κ3) is 2.73. The van der Waals surface area contributed by atoms with Gasteiger partial charge in [-0.15, -0.1) is 11.3 Å². The number of nitrogens with zero attached hydrogens (tertiary/aromatic N) is 3. The van der Waals surface area contributed by atoms with Crippen molar-refractivity contribution < 1.29 is 0 Å². The van der Waals surface area contributed by atoms with E-state index in [9.17, 15) is 0 Å². The van der Waals surface area contributed by atoms with Crippen LogP contribution < -0.4 is 0 Å². The van der Waals surface area contributed by atoms with Crippen molar-refractivity contribution in [3.05, 3.63) is 128 Å². The molecule has 9 rings (SSSR count). The Labute approximate surface area is 227 Å². The van der Waals surface area contributed by atoms with Crippen LogP contribution in [0.5, 0.6) is 0 Å². The second-order valence-electron chi connectivity index (χ2n) is 9.98. The normalized spacial score (nSPS) is 12.1. The van der Waals surface area contributed by atoms with Crippen molar-refractivity contribution in [2.45, 2.75) is 0 Å². The second-order valence-corrected chi connectivity index (χ2v) is 11.0. The average Bonchev–Trinajstić information content (AvgIpc) is 3.66. The number of thiophene rings is 1. The van der Waals surface area contributed by atoms with Crippen LogP contribution in [0.1, 0.15) is 0 Å². The lowest BCUT2D eigenvalue weighted by atomic mass is 10.0. The van der Waals surface area contributed by atoms with Gasteiger partial charge in [0.2, 0.25) is 0 Å². The molecule has 0 aliphatic carbocycles. The molecule has 0 bridgehead atoms. The van der Waals surface area contributed by atoms with Gasteiger partial charge >= 0.3 is 0 Å². The van der Waals surface area contributed by atoms with Gasteiger partial charge in [0.05, 0.1) is 26.8 Å². The Morgan fingerprint density at radius 1 is 0.487 bits per heavy atom. The standard InChI is InChI=1S/C35H21N3S/c1-2-12-22(13-3-1)37-26-17-7-4-14-23(26)30-31-24-15-5-8-18-27(24)38(29-20-10-11-21-36-29)34(31)35-32(33(30)37)25-16-6-9-19-28(25)39-35/h1-21H. The molecule has 0 spiro atoms. The van der Waals surface area contributed by atoms with Gasteiger partial charge in [0.25, 0.3) is 0 Å². The van der Waals surface area contributed by atoms with Crippen LogP contribution in [0.2, 0.25) is 0 Å². The predicted octanol–water partition coefficient (Wildman–Crippen LogP) is 9.64. The average molecular weight is 516 g/mol. The van der Waals surface area contributed by atoms with Gasteiger partial charge in [-0.05, 0) is 42.5 Å². The van der Waals surface area contributed by atoms with Crippen molar-refractivity contribution in [2.24, 2.45) is 0 Å². The van der Waals surface area contributed by atoms with E-state index in [0.29, 0.717) is 0 Å². The first-order chi connectivity index (χ1) is 19.4. The number of fused-ring (bicyclic) bond motifs is 12. The molecule has 0 radical (unpaired) electrons. The number of hydrogen-bond donors (Lipinski definition) is 0. The Morgan fingerprint density at radius 2 is 1.10 bits per heavy atom. The lowest BCUT2D eigenvalue weighted by Crippen LogP contribution is -1.97. The van der Waals surface area contributed by atoms with Gasteiger partial charge in [0.15, 0.2) is 0 Å². The highest BCUT2D eigenvalue weighted by molar-refractivity contribution is 7.27. The zero-order valence-electron chi connectivity index (χ0n) is 20.9. The summed E-state index contributed by atoms with van der Waals surface area (Å²) in [7, 11) is 0. The van der Waals surface area contributed by atoms with Crippen molar-refractivity contribution in [1.82, 2.24) is 14.1 Å². The zero-order valence-corrected chi connectivity index (χ0v) is 21.7. The van der Waals surface area contributed by atoms with Crippen LogP contribution in [0.15, 0.2) is 128 Å². The molecule has 4 heterocycles. The van der Waals surface area contributed by atoms with Crippen molar-refractivity contribution in [1.29, 1.82) is 0 Å². The molecule has 0 saturated carbocycles. The Bertz CT molecular complexity index is 2370. The molecule has 3 nitrogen and oxygen atoms in total. The maximum absolute atomic E-state index is 4.84. The van der Waals surface area contributed by atoms with Crippen molar-refractivity contribution in [2.75, 3.05) is 0 Å². The Morgan fingerprint density at radius 3 is 1.85 bits per heavy atom. The van der Waals surface area contributed by atoms with Crippen LogP contribution in [-0.2, 0) is 0 Å². The number of rotatable bonds is 2. The molecule has 0 amide bonds. The molecule has 9 aromatic rings. The van der Waals surface area contributed by atoms with Crippen molar-refractivity contribution in [3.8, 4) is 11.5 Å². The SMILES string of the molecule is c1ccc(-n2c3ccccc3c3c4c5ccccc5n(-c5ccccn5)c4c4sc5ccccc5c4c32)cc1. The van der Waals surface area contributed by atoms with Gasteiger partial charge < -0.3 is 4.57 Å². The van der Waals surface area contributed by atoms with E-state index in [-0.39, 0.29) is 0 Å². The van der Waals surface area contributed by atoms with Gasteiger partial charge in [0.1, 0.15) is 5.82 Å². The molecule has 4 aromatic heterocycles. The van der Waals surface area contributed by atoms with Gasteiger partial charge in [0, 0.05) is 48.9 Å². The quantitative estimate of drug-likeness (QED) is 0.225. The summed E-state index contributed by atoms with van der Waals surface area (Å²) >= 11 is 1.88. The Hall–Kier alpha value is -4.93. The number of para-hydroxylation sites is 3. The molecule has 0 atom stereocenters. The van der Waals surface area contributed by atoms with Crippen LogP contribution in [0, 0.1) is 0 Å². The van der Waals surface area contributed by atoms with Crippen LogP contribution in [-0.4, -0.2) is 14.1 Å². The van der Waals surface area contributed by atoms with E-state index >= 15 is 0 Å². The van der Waals surface area contributed by atoms with E-state index in [0.717, 1.165) is 5.82 Å². The smallest absolute Gasteiger partial charge is 0.137 e. The maximum Gasteiger partial charge on any atom is 0.137 e. The Kier molecular flexibility index (Phi) is 4.21. The monoisotopic (exact) mass is 515 g/mol. The molecule has 5 aromatic carbocycles. The van der Waals surface area contributed by atoms with Crippen molar-refractivity contribution in [3.63, 3.8) is 0 Å². The fourth-order valence-corrected chi connectivity index (χ4v) is 7.70. The van der Waals surface area contributed by atoms with E-state index in [4.69, 9.17) is 4.98 Å². The molecule has 0 N–H and O–H groups in total. The number of aromatic nitrogens is 3. The fourth-order valence-electron chi connectivity index (χ4n) is 6.45. The topological polar surface area (TPSA) is 22.8 Å². The van der Waals surface area contributed by atoms with Gasteiger partial charge in [-0.2, -0.15) is 0 Å². The summed E-state index contributed by atoms with van der Waals surface area (Å²) in [5, 5.41) is 7.70.